The second kappa shape index (κ2) is 12.9. The van der Waals surface area contributed by atoms with E-state index in [-0.39, 0.29) is 28.5 Å². The number of halogens is 1. The fourth-order valence-electron chi connectivity index (χ4n) is 4.40. The third-order valence-corrected chi connectivity index (χ3v) is 8.62. The van der Waals surface area contributed by atoms with E-state index in [1.54, 1.807) is 60.7 Å². The maximum absolute atomic E-state index is 14.1. The van der Waals surface area contributed by atoms with Crippen LogP contribution in [-0.4, -0.2) is 27.3 Å². The molecule has 0 fully saturated rings. The summed E-state index contributed by atoms with van der Waals surface area (Å²) in [6.07, 6.45) is 0. The topological polar surface area (TPSA) is 90.0 Å². The van der Waals surface area contributed by atoms with Gasteiger partial charge in [0.1, 0.15) is 11.5 Å². The molecule has 0 saturated heterocycles. The van der Waals surface area contributed by atoms with Crippen LogP contribution in [0.25, 0.3) is 0 Å². The summed E-state index contributed by atoms with van der Waals surface area (Å²) in [6, 6.07) is 34.3. The summed E-state index contributed by atoms with van der Waals surface area (Å²) in [5.41, 5.74) is 2.05. The molecule has 0 radical (unpaired) electrons. The smallest absolute Gasteiger partial charge is 0.343 e. The summed E-state index contributed by atoms with van der Waals surface area (Å²) in [5.74, 6) is -0.371. The lowest BCUT2D eigenvalue weighted by molar-refractivity contribution is 0.0734. The van der Waals surface area contributed by atoms with Crippen molar-refractivity contribution in [2.24, 2.45) is 0 Å². The Kier molecular flexibility index (Phi) is 8.90. The molecule has 216 valence electrons. The van der Waals surface area contributed by atoms with E-state index in [9.17, 15) is 18.0 Å². The van der Waals surface area contributed by atoms with E-state index in [4.69, 9.17) is 21.1 Å². The lowest BCUT2D eigenvalue weighted by Gasteiger charge is -2.26. The lowest BCUT2D eigenvalue weighted by Crippen LogP contribution is -2.31. The van der Waals surface area contributed by atoms with E-state index in [1.165, 1.54) is 47.8 Å². The van der Waals surface area contributed by atoms with Gasteiger partial charge in [-0.05, 0) is 84.4 Å². The molecule has 0 atom stereocenters. The van der Waals surface area contributed by atoms with Crippen LogP contribution in [-0.2, 0) is 16.6 Å². The highest BCUT2D eigenvalue weighted by Gasteiger charge is 2.28. The zero-order chi connectivity index (χ0) is 30.4. The Hall–Kier alpha value is -4.92. The van der Waals surface area contributed by atoms with E-state index in [1.807, 2.05) is 30.3 Å². The number of para-hydroxylation sites is 2. The van der Waals surface area contributed by atoms with Crippen LogP contribution < -0.4 is 13.8 Å². The van der Waals surface area contributed by atoms with Gasteiger partial charge in [-0.3, -0.25) is 9.10 Å². The summed E-state index contributed by atoms with van der Waals surface area (Å²) >= 11 is 5.90. The van der Waals surface area contributed by atoms with E-state index < -0.39 is 16.0 Å². The van der Waals surface area contributed by atoms with Gasteiger partial charge in [-0.25, -0.2) is 13.2 Å². The first kappa shape index (κ1) is 29.6. The molecule has 5 rings (SSSR count). The first-order valence-electron chi connectivity index (χ1n) is 13.2. The lowest BCUT2D eigenvalue weighted by atomic mass is 10.0. The molecular weight excluding hydrogens is 586 g/mol. The largest absolute Gasteiger partial charge is 0.495 e. The number of ketones is 1. The van der Waals surface area contributed by atoms with Gasteiger partial charge in [0.05, 0.1) is 29.8 Å². The molecule has 0 heterocycles. The molecule has 0 unspecified atom stereocenters. The van der Waals surface area contributed by atoms with Gasteiger partial charge in [0, 0.05) is 16.1 Å². The van der Waals surface area contributed by atoms with Crippen LogP contribution in [0, 0.1) is 0 Å². The van der Waals surface area contributed by atoms with Crippen LogP contribution in [0.4, 0.5) is 5.69 Å². The number of hydrogen-bond donors (Lipinski definition) is 0. The third-order valence-electron chi connectivity index (χ3n) is 6.61. The molecule has 0 N–H and O–H groups in total. The number of rotatable bonds is 10. The predicted octanol–water partition coefficient (Wildman–Crippen LogP) is 7.19. The fourth-order valence-corrected chi connectivity index (χ4v) is 6.04. The van der Waals surface area contributed by atoms with Crippen LogP contribution in [0.2, 0.25) is 5.02 Å². The first-order valence-corrected chi connectivity index (χ1v) is 15.0. The molecule has 5 aromatic carbocycles. The normalized spacial score (nSPS) is 11.0. The van der Waals surface area contributed by atoms with Crippen molar-refractivity contribution in [3.8, 4) is 11.5 Å². The molecule has 0 saturated carbocycles. The number of hydrogen-bond acceptors (Lipinski definition) is 6. The number of anilines is 1. The minimum Gasteiger partial charge on any atom is -0.495 e. The quantitative estimate of drug-likeness (QED) is 0.0943. The van der Waals surface area contributed by atoms with Crippen molar-refractivity contribution in [3.05, 3.63) is 155 Å². The summed E-state index contributed by atoms with van der Waals surface area (Å²) in [6.45, 7) is 0.0410. The Morgan fingerprint density at radius 2 is 1.35 bits per heavy atom. The van der Waals surface area contributed by atoms with Crippen molar-refractivity contribution in [2.45, 2.75) is 11.4 Å². The van der Waals surface area contributed by atoms with Crippen molar-refractivity contribution in [3.63, 3.8) is 0 Å². The molecule has 9 heteroatoms. The van der Waals surface area contributed by atoms with E-state index in [0.717, 1.165) is 5.56 Å². The molecule has 0 bridgehead atoms. The zero-order valence-electron chi connectivity index (χ0n) is 23.0. The second-order valence-electron chi connectivity index (χ2n) is 9.45. The van der Waals surface area contributed by atoms with Gasteiger partial charge in [-0.2, -0.15) is 0 Å². The van der Waals surface area contributed by atoms with Gasteiger partial charge in [-0.15, -0.1) is 0 Å². The van der Waals surface area contributed by atoms with Crippen LogP contribution in [0.15, 0.2) is 132 Å². The number of methoxy groups -OCH3 is 1. The van der Waals surface area contributed by atoms with Crippen LogP contribution in [0.1, 0.15) is 31.8 Å². The molecule has 43 heavy (non-hydrogen) atoms. The molecule has 0 aliphatic rings. The highest BCUT2D eigenvalue weighted by molar-refractivity contribution is 7.92. The Morgan fingerprint density at radius 3 is 2.02 bits per heavy atom. The Morgan fingerprint density at radius 1 is 0.721 bits per heavy atom. The van der Waals surface area contributed by atoms with Crippen molar-refractivity contribution in [1.82, 2.24) is 0 Å². The molecule has 0 aliphatic heterocycles. The molecule has 7 nitrogen and oxygen atoms in total. The minimum atomic E-state index is -4.16. The van der Waals surface area contributed by atoms with Crippen LogP contribution >= 0.6 is 11.6 Å². The molecule has 0 amide bonds. The standard InChI is InChI=1S/C34H26ClNO6S/c1-41-32-13-6-5-12-31(32)36(23-24-8-3-2-4-9-24)43(39,40)30-11-7-10-27(22-30)34(38)42-29-20-16-26(17-21-29)33(37)25-14-18-28(35)19-15-25/h2-22H,23H2,1H3. The number of ether oxygens (including phenoxy) is 2. The molecular formula is C34H26ClNO6S. The second-order valence-corrected chi connectivity index (χ2v) is 11.7. The number of esters is 1. The van der Waals surface area contributed by atoms with Gasteiger partial charge in [0.25, 0.3) is 10.0 Å². The van der Waals surface area contributed by atoms with Gasteiger partial charge in [0.15, 0.2) is 5.78 Å². The summed E-state index contributed by atoms with van der Waals surface area (Å²) < 4.78 is 40.3. The summed E-state index contributed by atoms with van der Waals surface area (Å²) in [5, 5.41) is 0.527. The SMILES string of the molecule is COc1ccccc1N(Cc1ccccc1)S(=O)(=O)c1cccc(C(=O)Oc2ccc(C(=O)c3ccc(Cl)cc3)cc2)c1. The van der Waals surface area contributed by atoms with Crippen LogP contribution in [0.3, 0.4) is 0 Å². The number of carbonyl (C=O) groups is 2. The average molecular weight is 612 g/mol. The van der Waals surface area contributed by atoms with Gasteiger partial charge in [0.2, 0.25) is 0 Å². The fraction of sp³-hybridized carbons (Fsp3) is 0.0588. The number of carbonyl (C=O) groups excluding carboxylic acids is 2. The zero-order valence-corrected chi connectivity index (χ0v) is 24.6. The summed E-state index contributed by atoms with van der Waals surface area (Å²) in [4.78, 5) is 25.7. The number of nitrogens with zero attached hydrogens (tertiary/aromatic N) is 1. The van der Waals surface area contributed by atoms with Crippen LogP contribution in [0.5, 0.6) is 11.5 Å². The molecule has 0 spiro atoms. The Balaban J connectivity index is 1.39. The monoisotopic (exact) mass is 611 g/mol. The van der Waals surface area contributed by atoms with Gasteiger partial charge >= 0.3 is 5.97 Å². The van der Waals surface area contributed by atoms with Gasteiger partial charge in [-0.1, -0.05) is 60.1 Å². The molecule has 0 aliphatic carbocycles. The van der Waals surface area contributed by atoms with Crippen molar-refractivity contribution in [2.75, 3.05) is 11.4 Å². The maximum Gasteiger partial charge on any atom is 0.343 e. The van der Waals surface area contributed by atoms with Crippen molar-refractivity contribution in [1.29, 1.82) is 0 Å². The minimum absolute atomic E-state index is 0.0410. The predicted molar refractivity (Wildman–Crippen MR) is 166 cm³/mol. The van der Waals surface area contributed by atoms with E-state index in [2.05, 4.69) is 0 Å². The third kappa shape index (κ3) is 6.77. The van der Waals surface area contributed by atoms with E-state index >= 15 is 0 Å². The first-order chi connectivity index (χ1) is 20.8. The molecule has 5 aromatic rings. The Bertz CT molecular complexity index is 1860. The van der Waals surface area contributed by atoms with Crippen molar-refractivity contribution < 1.29 is 27.5 Å². The van der Waals surface area contributed by atoms with E-state index in [0.29, 0.717) is 27.6 Å². The number of sulfonamides is 1. The summed E-state index contributed by atoms with van der Waals surface area (Å²) in [7, 11) is -2.68. The Labute approximate surface area is 254 Å². The number of benzene rings is 5. The maximum atomic E-state index is 14.1. The van der Waals surface area contributed by atoms with Gasteiger partial charge < -0.3 is 9.47 Å². The highest BCUT2D eigenvalue weighted by atomic mass is 35.5. The highest BCUT2D eigenvalue weighted by Crippen LogP contribution is 2.34. The van der Waals surface area contributed by atoms with Crippen molar-refractivity contribution >= 4 is 39.1 Å². The molecule has 0 aromatic heterocycles. The average Bonchev–Trinajstić information content (AvgIpc) is 3.04.